The lowest BCUT2D eigenvalue weighted by molar-refractivity contribution is 0.111. The summed E-state index contributed by atoms with van der Waals surface area (Å²) in [4.78, 5) is 12.4. The Labute approximate surface area is 162 Å². The Morgan fingerprint density at radius 2 is 2.08 bits per heavy atom. The largest absolute Gasteiger partial charge is 0.339 e. The van der Waals surface area contributed by atoms with Gasteiger partial charge in [-0.15, -0.1) is 11.3 Å². The van der Waals surface area contributed by atoms with E-state index in [2.05, 4.69) is 40.4 Å². The second kappa shape index (κ2) is 9.74. The van der Waals surface area contributed by atoms with Gasteiger partial charge >= 0.3 is 0 Å². The summed E-state index contributed by atoms with van der Waals surface area (Å²) in [6.07, 6.45) is 7.42. The Bertz CT molecular complexity index is 782. The van der Waals surface area contributed by atoms with E-state index in [9.17, 15) is 10.1 Å². The van der Waals surface area contributed by atoms with Gasteiger partial charge in [0, 0.05) is 17.1 Å². The van der Waals surface area contributed by atoms with Crippen molar-refractivity contribution in [2.24, 2.45) is 5.92 Å². The minimum Gasteiger partial charge on any atom is -0.339 e. The zero-order chi connectivity index (χ0) is 18.2. The smallest absolute Gasteiger partial charge is 0.166 e. The number of unbranched alkanes of at least 4 members (excludes halogenated alkanes) is 1. The first-order valence-electron chi connectivity index (χ1n) is 8.65. The summed E-state index contributed by atoms with van der Waals surface area (Å²) in [6.45, 7) is 5.21. The molecule has 1 atom stereocenters. The van der Waals surface area contributed by atoms with Crippen LogP contribution in [-0.4, -0.2) is 10.9 Å². The molecule has 0 saturated heterocycles. The number of aromatic nitrogens is 1. The predicted octanol–water partition coefficient (Wildman–Crippen LogP) is 6.41. The van der Waals surface area contributed by atoms with Gasteiger partial charge in [0.2, 0.25) is 0 Å². The van der Waals surface area contributed by atoms with Crippen molar-refractivity contribution in [2.75, 3.05) is 0 Å². The Balaban J connectivity index is 2.35. The van der Waals surface area contributed by atoms with Crippen LogP contribution in [0.3, 0.4) is 0 Å². The van der Waals surface area contributed by atoms with Crippen LogP contribution in [-0.2, 0) is 6.54 Å². The number of halogens is 1. The standard InChI is InChI=1S/C20H23BrN2OS/c1-3-5-6-15(4-2)13-23-17(7-8-18(23)14-24)11-16(12-22)19-9-10-20(21)25-19/h7-11,14-15H,3-6,13H2,1-2H3/b16-11+. The lowest BCUT2D eigenvalue weighted by Crippen LogP contribution is -2.13. The van der Waals surface area contributed by atoms with Crippen molar-refractivity contribution < 1.29 is 4.79 Å². The van der Waals surface area contributed by atoms with Crippen LogP contribution in [0, 0.1) is 17.2 Å². The molecule has 0 fully saturated rings. The van der Waals surface area contributed by atoms with Crippen molar-refractivity contribution >= 4 is 45.2 Å². The van der Waals surface area contributed by atoms with E-state index in [-0.39, 0.29) is 0 Å². The molecule has 0 amide bonds. The molecule has 2 heterocycles. The summed E-state index contributed by atoms with van der Waals surface area (Å²) < 4.78 is 3.05. The number of hydrogen-bond donors (Lipinski definition) is 0. The lowest BCUT2D eigenvalue weighted by atomic mass is 9.99. The fraction of sp³-hybridized carbons (Fsp3) is 0.400. The first-order valence-corrected chi connectivity index (χ1v) is 10.3. The molecule has 0 bridgehead atoms. The maximum atomic E-state index is 11.4. The second-order valence-electron chi connectivity index (χ2n) is 6.10. The Morgan fingerprint density at radius 1 is 1.32 bits per heavy atom. The number of hydrogen-bond acceptors (Lipinski definition) is 3. The average Bonchev–Trinajstić information content (AvgIpc) is 3.22. The van der Waals surface area contributed by atoms with E-state index in [4.69, 9.17) is 0 Å². The quantitative estimate of drug-likeness (QED) is 0.349. The zero-order valence-corrected chi connectivity index (χ0v) is 17.1. The van der Waals surface area contributed by atoms with Crippen molar-refractivity contribution in [3.63, 3.8) is 0 Å². The van der Waals surface area contributed by atoms with E-state index < -0.39 is 0 Å². The van der Waals surface area contributed by atoms with E-state index in [1.807, 2.05) is 30.3 Å². The van der Waals surface area contributed by atoms with Gasteiger partial charge in [-0.1, -0.05) is 33.1 Å². The van der Waals surface area contributed by atoms with Crippen molar-refractivity contribution in [1.82, 2.24) is 4.57 Å². The van der Waals surface area contributed by atoms with Crippen LogP contribution in [0.25, 0.3) is 11.6 Å². The van der Waals surface area contributed by atoms with Crippen LogP contribution in [0.4, 0.5) is 0 Å². The molecule has 0 spiro atoms. The number of carbonyl (C=O) groups is 1. The highest BCUT2D eigenvalue weighted by atomic mass is 79.9. The maximum Gasteiger partial charge on any atom is 0.166 e. The molecule has 3 nitrogen and oxygen atoms in total. The van der Waals surface area contributed by atoms with Crippen molar-refractivity contribution in [1.29, 1.82) is 5.26 Å². The highest BCUT2D eigenvalue weighted by molar-refractivity contribution is 9.11. The second-order valence-corrected chi connectivity index (χ2v) is 8.56. The van der Waals surface area contributed by atoms with Gasteiger partial charge in [0.05, 0.1) is 15.1 Å². The summed E-state index contributed by atoms with van der Waals surface area (Å²) >= 11 is 4.98. The number of aldehydes is 1. The van der Waals surface area contributed by atoms with Crippen LogP contribution in [0.1, 0.15) is 60.6 Å². The highest BCUT2D eigenvalue weighted by Crippen LogP contribution is 2.29. The third kappa shape index (κ3) is 5.17. The molecule has 0 aromatic carbocycles. The number of nitriles is 1. The van der Waals surface area contributed by atoms with Gasteiger partial charge < -0.3 is 4.57 Å². The first kappa shape index (κ1) is 19.7. The lowest BCUT2D eigenvalue weighted by Gasteiger charge is -2.18. The van der Waals surface area contributed by atoms with Crippen LogP contribution >= 0.6 is 27.3 Å². The molecule has 2 rings (SSSR count). The number of thiophene rings is 1. The molecule has 5 heteroatoms. The van der Waals surface area contributed by atoms with Gasteiger partial charge in [-0.05, 0) is 58.6 Å². The monoisotopic (exact) mass is 418 g/mol. The third-order valence-electron chi connectivity index (χ3n) is 4.40. The molecule has 0 aliphatic rings. The molecule has 2 aromatic rings. The average molecular weight is 419 g/mol. The Kier molecular flexibility index (Phi) is 7.67. The van der Waals surface area contributed by atoms with Crippen LogP contribution < -0.4 is 0 Å². The molecular weight excluding hydrogens is 396 g/mol. The van der Waals surface area contributed by atoms with Gasteiger partial charge in [0.1, 0.15) is 6.07 Å². The summed E-state index contributed by atoms with van der Waals surface area (Å²) in [6, 6.07) is 9.93. The topological polar surface area (TPSA) is 45.8 Å². The number of carbonyl (C=O) groups excluding carboxylic acids is 1. The molecule has 0 aliphatic heterocycles. The molecule has 1 unspecified atom stereocenters. The zero-order valence-electron chi connectivity index (χ0n) is 14.7. The minimum absolute atomic E-state index is 0.541. The summed E-state index contributed by atoms with van der Waals surface area (Å²) in [5.41, 5.74) is 2.21. The van der Waals surface area contributed by atoms with Crippen LogP contribution in [0.15, 0.2) is 28.1 Å². The molecule has 132 valence electrons. The van der Waals surface area contributed by atoms with Crippen LogP contribution in [0.5, 0.6) is 0 Å². The highest BCUT2D eigenvalue weighted by Gasteiger charge is 2.13. The first-order chi connectivity index (χ1) is 12.1. The van der Waals surface area contributed by atoms with Gasteiger partial charge in [0.15, 0.2) is 6.29 Å². The molecule has 25 heavy (non-hydrogen) atoms. The fourth-order valence-electron chi connectivity index (χ4n) is 2.88. The third-order valence-corrected chi connectivity index (χ3v) is 6.06. The van der Waals surface area contributed by atoms with E-state index in [1.165, 1.54) is 24.2 Å². The van der Waals surface area contributed by atoms with Gasteiger partial charge in [-0.3, -0.25) is 4.79 Å². The normalized spacial score (nSPS) is 12.8. The predicted molar refractivity (Wildman–Crippen MR) is 109 cm³/mol. The minimum atomic E-state index is 0.541. The van der Waals surface area contributed by atoms with Crippen molar-refractivity contribution in [3.8, 4) is 6.07 Å². The summed E-state index contributed by atoms with van der Waals surface area (Å²) in [7, 11) is 0. The van der Waals surface area contributed by atoms with Gasteiger partial charge in [-0.25, -0.2) is 0 Å². The van der Waals surface area contributed by atoms with E-state index in [0.717, 1.165) is 40.0 Å². The van der Waals surface area contributed by atoms with Crippen LogP contribution in [0.2, 0.25) is 0 Å². The van der Waals surface area contributed by atoms with E-state index in [1.54, 1.807) is 0 Å². The van der Waals surface area contributed by atoms with E-state index >= 15 is 0 Å². The molecule has 0 N–H and O–H groups in total. The van der Waals surface area contributed by atoms with Crippen molar-refractivity contribution in [2.45, 2.75) is 46.1 Å². The Hall–Kier alpha value is -1.64. The molecule has 0 aliphatic carbocycles. The molecule has 0 radical (unpaired) electrons. The summed E-state index contributed by atoms with van der Waals surface area (Å²) in [5.74, 6) is 0.541. The van der Waals surface area contributed by atoms with Gasteiger partial charge in [0.25, 0.3) is 0 Å². The van der Waals surface area contributed by atoms with Crippen molar-refractivity contribution in [3.05, 3.63) is 44.3 Å². The molecule has 0 saturated carbocycles. The summed E-state index contributed by atoms with van der Waals surface area (Å²) in [5, 5.41) is 9.54. The van der Waals surface area contributed by atoms with E-state index in [0.29, 0.717) is 17.2 Å². The fourth-order valence-corrected chi connectivity index (χ4v) is 4.23. The van der Waals surface area contributed by atoms with Gasteiger partial charge in [-0.2, -0.15) is 5.26 Å². The maximum absolute atomic E-state index is 11.4. The molecule has 2 aromatic heterocycles. The molecular formula is C20H23BrN2OS. The number of nitrogens with zero attached hydrogens (tertiary/aromatic N) is 2. The number of allylic oxidation sites excluding steroid dienone is 1. The Morgan fingerprint density at radius 3 is 2.64 bits per heavy atom. The SMILES string of the molecule is CCCCC(CC)Cn1c(C=O)ccc1/C=C(\C#N)c1ccc(Br)s1. The number of rotatable bonds is 9.